The predicted octanol–water partition coefficient (Wildman–Crippen LogP) is 3.68. The second-order valence-corrected chi connectivity index (χ2v) is 5.31. The van der Waals surface area contributed by atoms with Gasteiger partial charge in [-0.15, -0.1) is 0 Å². The zero-order valence-corrected chi connectivity index (χ0v) is 10.7. The van der Waals surface area contributed by atoms with Crippen molar-refractivity contribution in [3.05, 3.63) is 36.5 Å². The minimum atomic E-state index is 0.651. The fraction of sp³-hybridized carbons (Fsp3) is 0.400. The highest BCUT2D eigenvalue weighted by molar-refractivity contribution is 5.62. The van der Waals surface area contributed by atoms with Crippen LogP contribution in [0.5, 0.6) is 0 Å². The van der Waals surface area contributed by atoms with Gasteiger partial charge in [0.15, 0.2) is 0 Å². The Bertz CT molecular complexity index is 487. The molecular weight excluding hydrogens is 222 g/mol. The summed E-state index contributed by atoms with van der Waals surface area (Å²) in [5, 5.41) is 10.6. The van der Waals surface area contributed by atoms with Crippen molar-refractivity contribution in [2.75, 3.05) is 5.32 Å². The highest BCUT2D eigenvalue weighted by Gasteiger charge is 2.20. The average molecular weight is 241 g/mol. The summed E-state index contributed by atoms with van der Waals surface area (Å²) in [5.41, 5.74) is 3.46. The zero-order valence-electron chi connectivity index (χ0n) is 10.7. The Morgan fingerprint density at radius 2 is 2.00 bits per heavy atom. The number of nitrogens with one attached hydrogen (secondary N) is 2. The molecule has 3 rings (SSSR count). The van der Waals surface area contributed by atoms with Crippen LogP contribution in [0.3, 0.4) is 0 Å². The van der Waals surface area contributed by atoms with E-state index in [1.807, 2.05) is 6.07 Å². The third-order valence-corrected chi connectivity index (χ3v) is 3.76. The lowest BCUT2D eigenvalue weighted by molar-refractivity contribution is 0.602. The lowest BCUT2D eigenvalue weighted by Crippen LogP contribution is -2.14. The van der Waals surface area contributed by atoms with Gasteiger partial charge in [0, 0.05) is 17.9 Å². The molecule has 0 bridgehead atoms. The predicted molar refractivity (Wildman–Crippen MR) is 74.4 cm³/mol. The Morgan fingerprint density at radius 3 is 2.61 bits per heavy atom. The van der Waals surface area contributed by atoms with Crippen LogP contribution in [0, 0.1) is 5.92 Å². The molecule has 2 N–H and O–H groups in total. The Morgan fingerprint density at radius 1 is 1.17 bits per heavy atom. The summed E-state index contributed by atoms with van der Waals surface area (Å²) in [6, 6.07) is 11.2. The van der Waals surface area contributed by atoms with Crippen molar-refractivity contribution in [3.8, 4) is 11.3 Å². The summed E-state index contributed by atoms with van der Waals surface area (Å²) in [4.78, 5) is 0. The van der Waals surface area contributed by atoms with Gasteiger partial charge >= 0.3 is 0 Å². The third-order valence-electron chi connectivity index (χ3n) is 3.76. The molecule has 18 heavy (non-hydrogen) atoms. The normalized spacial score (nSPS) is 23.2. The minimum absolute atomic E-state index is 0.651. The molecule has 0 spiro atoms. The van der Waals surface area contributed by atoms with Gasteiger partial charge in [0.05, 0.1) is 5.69 Å². The van der Waals surface area contributed by atoms with E-state index in [0.717, 1.165) is 11.6 Å². The zero-order chi connectivity index (χ0) is 12.4. The fourth-order valence-electron chi connectivity index (χ4n) is 2.74. The summed E-state index contributed by atoms with van der Waals surface area (Å²) in [7, 11) is 0. The summed E-state index contributed by atoms with van der Waals surface area (Å²) in [6.45, 7) is 2.34. The van der Waals surface area contributed by atoms with Crippen LogP contribution in [0.1, 0.15) is 26.2 Å². The van der Waals surface area contributed by atoms with Crippen LogP contribution in [0.4, 0.5) is 5.69 Å². The van der Waals surface area contributed by atoms with E-state index in [0.29, 0.717) is 6.04 Å². The van der Waals surface area contributed by atoms with E-state index < -0.39 is 0 Å². The van der Waals surface area contributed by atoms with Gasteiger partial charge < -0.3 is 5.32 Å². The van der Waals surface area contributed by atoms with Gasteiger partial charge in [-0.3, -0.25) is 5.10 Å². The number of nitrogens with zero attached hydrogens (tertiary/aromatic N) is 1. The van der Waals surface area contributed by atoms with Gasteiger partial charge in [-0.2, -0.15) is 5.10 Å². The van der Waals surface area contributed by atoms with Crippen molar-refractivity contribution in [1.82, 2.24) is 10.2 Å². The van der Waals surface area contributed by atoms with E-state index in [-0.39, 0.29) is 0 Å². The van der Waals surface area contributed by atoms with Crippen LogP contribution in [0.15, 0.2) is 36.5 Å². The molecule has 3 nitrogen and oxygen atoms in total. The van der Waals surface area contributed by atoms with Gasteiger partial charge in [-0.25, -0.2) is 0 Å². The minimum Gasteiger partial charge on any atom is -0.382 e. The quantitative estimate of drug-likeness (QED) is 0.860. The maximum Gasteiger partial charge on any atom is 0.0650 e. The first-order chi connectivity index (χ1) is 8.81. The van der Waals surface area contributed by atoms with E-state index in [1.165, 1.54) is 30.5 Å². The first kappa shape index (κ1) is 11.3. The van der Waals surface area contributed by atoms with Gasteiger partial charge in [-0.1, -0.05) is 19.1 Å². The van der Waals surface area contributed by atoms with Crippen molar-refractivity contribution in [2.24, 2.45) is 5.92 Å². The lowest BCUT2D eigenvalue weighted by atomic mass is 10.1. The standard InChI is InChI=1S/C15H19N3/c1-11-2-5-14(10-11)17-13-6-3-12(4-7-13)15-8-9-16-18-15/h3-4,6-9,11,14,17H,2,5,10H2,1H3,(H,16,18). The van der Waals surface area contributed by atoms with E-state index in [2.05, 4.69) is 46.7 Å². The summed E-state index contributed by atoms with van der Waals surface area (Å²) in [5.74, 6) is 0.867. The number of hydrogen-bond donors (Lipinski definition) is 2. The number of aromatic nitrogens is 2. The highest BCUT2D eigenvalue weighted by Crippen LogP contribution is 2.28. The molecule has 94 valence electrons. The van der Waals surface area contributed by atoms with E-state index in [9.17, 15) is 0 Å². The maximum atomic E-state index is 3.97. The molecule has 1 aliphatic rings. The van der Waals surface area contributed by atoms with E-state index in [1.54, 1.807) is 6.20 Å². The highest BCUT2D eigenvalue weighted by atomic mass is 15.1. The molecule has 3 heteroatoms. The van der Waals surface area contributed by atoms with Crippen LogP contribution in [0.2, 0.25) is 0 Å². The lowest BCUT2D eigenvalue weighted by Gasteiger charge is -2.14. The SMILES string of the molecule is CC1CCC(Nc2ccc(-c3ccn[nH]3)cc2)C1. The first-order valence-corrected chi connectivity index (χ1v) is 6.67. The van der Waals surface area contributed by atoms with Crippen LogP contribution >= 0.6 is 0 Å². The van der Waals surface area contributed by atoms with E-state index in [4.69, 9.17) is 0 Å². The molecule has 1 saturated carbocycles. The molecular formula is C15H19N3. The topological polar surface area (TPSA) is 40.7 Å². The number of H-pyrrole nitrogens is 1. The average Bonchev–Trinajstić information content (AvgIpc) is 3.02. The molecule has 0 aliphatic heterocycles. The molecule has 1 fully saturated rings. The molecule has 2 atom stereocenters. The molecule has 0 saturated heterocycles. The molecule has 1 aromatic heterocycles. The molecule has 2 aromatic rings. The summed E-state index contributed by atoms with van der Waals surface area (Å²) >= 11 is 0. The van der Waals surface area contributed by atoms with Crippen LogP contribution < -0.4 is 5.32 Å². The molecule has 0 radical (unpaired) electrons. The number of rotatable bonds is 3. The third kappa shape index (κ3) is 2.40. The second kappa shape index (κ2) is 4.84. The van der Waals surface area contributed by atoms with E-state index >= 15 is 0 Å². The molecule has 1 aromatic carbocycles. The van der Waals surface area contributed by atoms with Crippen LogP contribution in [-0.2, 0) is 0 Å². The Hall–Kier alpha value is -1.77. The van der Waals surface area contributed by atoms with Crippen LogP contribution in [-0.4, -0.2) is 16.2 Å². The van der Waals surface area contributed by atoms with Crippen molar-refractivity contribution in [3.63, 3.8) is 0 Å². The Kier molecular flexibility index (Phi) is 3.05. The Labute approximate surface area is 108 Å². The summed E-state index contributed by atoms with van der Waals surface area (Å²) < 4.78 is 0. The molecule has 1 heterocycles. The maximum absolute atomic E-state index is 3.97. The van der Waals surface area contributed by atoms with Gasteiger partial charge in [0.2, 0.25) is 0 Å². The molecule has 2 unspecified atom stereocenters. The Balaban J connectivity index is 1.68. The number of benzene rings is 1. The molecule has 0 amide bonds. The number of anilines is 1. The van der Waals surface area contributed by atoms with Crippen molar-refractivity contribution < 1.29 is 0 Å². The van der Waals surface area contributed by atoms with Gasteiger partial charge in [-0.05, 0) is 48.9 Å². The van der Waals surface area contributed by atoms with Crippen molar-refractivity contribution in [2.45, 2.75) is 32.2 Å². The smallest absolute Gasteiger partial charge is 0.0650 e. The largest absolute Gasteiger partial charge is 0.382 e. The van der Waals surface area contributed by atoms with Crippen molar-refractivity contribution in [1.29, 1.82) is 0 Å². The van der Waals surface area contributed by atoms with Crippen LogP contribution in [0.25, 0.3) is 11.3 Å². The van der Waals surface area contributed by atoms with Gasteiger partial charge in [0.25, 0.3) is 0 Å². The van der Waals surface area contributed by atoms with Gasteiger partial charge in [0.1, 0.15) is 0 Å². The van der Waals surface area contributed by atoms with Crippen molar-refractivity contribution >= 4 is 5.69 Å². The summed E-state index contributed by atoms with van der Waals surface area (Å²) in [6.07, 6.45) is 5.72. The fourth-order valence-corrected chi connectivity index (χ4v) is 2.74. The number of aromatic amines is 1. The monoisotopic (exact) mass is 241 g/mol. The molecule has 1 aliphatic carbocycles. The number of hydrogen-bond acceptors (Lipinski definition) is 2. The second-order valence-electron chi connectivity index (χ2n) is 5.31. The first-order valence-electron chi connectivity index (χ1n) is 6.67.